The van der Waals surface area contributed by atoms with E-state index in [0.29, 0.717) is 0 Å². The van der Waals surface area contributed by atoms with E-state index in [1.807, 2.05) is 6.92 Å². The number of carbonyl (C=O) groups excluding carboxylic acids is 1. The van der Waals surface area contributed by atoms with Gasteiger partial charge < -0.3 is 10.6 Å². The SMILES string of the molecule is CCCCNC(=O)/C=C(/C)NCCCC. The van der Waals surface area contributed by atoms with Gasteiger partial charge in [-0.3, -0.25) is 4.79 Å². The number of nitrogens with one attached hydrogen (secondary N) is 2. The van der Waals surface area contributed by atoms with Crippen LogP contribution in [0.25, 0.3) is 0 Å². The summed E-state index contributed by atoms with van der Waals surface area (Å²) >= 11 is 0. The van der Waals surface area contributed by atoms with E-state index >= 15 is 0 Å². The lowest BCUT2D eigenvalue weighted by atomic mass is 10.3. The maximum absolute atomic E-state index is 11.3. The fourth-order valence-electron chi connectivity index (χ4n) is 1.15. The maximum Gasteiger partial charge on any atom is 0.245 e. The summed E-state index contributed by atoms with van der Waals surface area (Å²) < 4.78 is 0. The minimum Gasteiger partial charge on any atom is -0.388 e. The Balaban J connectivity index is 3.65. The van der Waals surface area contributed by atoms with Gasteiger partial charge in [0.2, 0.25) is 5.91 Å². The summed E-state index contributed by atoms with van der Waals surface area (Å²) in [4.78, 5) is 11.3. The van der Waals surface area contributed by atoms with Crippen LogP contribution in [0.4, 0.5) is 0 Å². The van der Waals surface area contributed by atoms with Crippen molar-refractivity contribution < 1.29 is 4.79 Å². The topological polar surface area (TPSA) is 41.1 Å². The van der Waals surface area contributed by atoms with Gasteiger partial charge in [0.1, 0.15) is 0 Å². The van der Waals surface area contributed by atoms with Crippen molar-refractivity contribution >= 4 is 5.91 Å². The van der Waals surface area contributed by atoms with Gasteiger partial charge in [0.15, 0.2) is 0 Å². The highest BCUT2D eigenvalue weighted by molar-refractivity contribution is 5.87. The van der Waals surface area contributed by atoms with E-state index in [9.17, 15) is 4.79 Å². The van der Waals surface area contributed by atoms with Crippen LogP contribution in [-0.4, -0.2) is 19.0 Å². The van der Waals surface area contributed by atoms with Gasteiger partial charge >= 0.3 is 0 Å². The molecule has 0 bridgehead atoms. The number of rotatable bonds is 8. The number of unbranched alkanes of at least 4 members (excludes halogenated alkanes) is 2. The summed E-state index contributed by atoms with van der Waals surface area (Å²) in [7, 11) is 0. The summed E-state index contributed by atoms with van der Waals surface area (Å²) in [6.07, 6.45) is 6.09. The Kier molecular flexibility index (Phi) is 8.93. The van der Waals surface area contributed by atoms with Gasteiger partial charge in [0.05, 0.1) is 0 Å². The van der Waals surface area contributed by atoms with Crippen molar-refractivity contribution in [2.45, 2.75) is 46.5 Å². The zero-order valence-corrected chi connectivity index (χ0v) is 10.2. The molecule has 0 spiro atoms. The van der Waals surface area contributed by atoms with Crippen LogP contribution >= 0.6 is 0 Å². The van der Waals surface area contributed by atoms with Gasteiger partial charge in [-0.2, -0.15) is 0 Å². The van der Waals surface area contributed by atoms with E-state index in [2.05, 4.69) is 24.5 Å². The Hall–Kier alpha value is -0.990. The lowest BCUT2D eigenvalue weighted by Gasteiger charge is -2.05. The molecule has 0 aliphatic heterocycles. The second-order valence-electron chi connectivity index (χ2n) is 3.75. The second kappa shape index (κ2) is 9.56. The molecule has 2 N–H and O–H groups in total. The van der Waals surface area contributed by atoms with E-state index in [1.165, 1.54) is 6.42 Å². The second-order valence-corrected chi connectivity index (χ2v) is 3.75. The summed E-state index contributed by atoms with van der Waals surface area (Å²) in [5, 5.41) is 6.05. The van der Waals surface area contributed by atoms with E-state index in [1.54, 1.807) is 6.08 Å². The monoisotopic (exact) mass is 212 g/mol. The molecule has 0 heterocycles. The minimum absolute atomic E-state index is 0.00458. The summed E-state index contributed by atoms with van der Waals surface area (Å²) in [5.74, 6) is 0.00458. The molecule has 0 radical (unpaired) electrons. The van der Waals surface area contributed by atoms with Crippen molar-refractivity contribution in [3.8, 4) is 0 Å². The van der Waals surface area contributed by atoms with Crippen LogP contribution in [0.1, 0.15) is 46.5 Å². The molecule has 0 aliphatic carbocycles. The molecule has 0 atom stereocenters. The molecular weight excluding hydrogens is 188 g/mol. The van der Waals surface area contributed by atoms with Crippen molar-refractivity contribution in [3.63, 3.8) is 0 Å². The van der Waals surface area contributed by atoms with Gasteiger partial charge in [-0.15, -0.1) is 0 Å². The molecule has 0 saturated carbocycles. The van der Waals surface area contributed by atoms with Crippen molar-refractivity contribution in [2.24, 2.45) is 0 Å². The van der Waals surface area contributed by atoms with Crippen LogP contribution in [0, 0.1) is 0 Å². The highest BCUT2D eigenvalue weighted by Crippen LogP contribution is 1.90. The van der Waals surface area contributed by atoms with E-state index in [4.69, 9.17) is 0 Å². The predicted octanol–water partition coefficient (Wildman–Crippen LogP) is 2.20. The molecule has 3 nitrogen and oxygen atoms in total. The Morgan fingerprint density at radius 3 is 2.13 bits per heavy atom. The maximum atomic E-state index is 11.3. The first kappa shape index (κ1) is 14.0. The van der Waals surface area contributed by atoms with Crippen LogP contribution in [-0.2, 0) is 4.79 Å². The summed E-state index contributed by atoms with van der Waals surface area (Å²) in [5.41, 5.74) is 0.942. The fourth-order valence-corrected chi connectivity index (χ4v) is 1.15. The Labute approximate surface area is 93.3 Å². The lowest BCUT2D eigenvalue weighted by Crippen LogP contribution is -2.24. The van der Waals surface area contributed by atoms with Crippen molar-refractivity contribution in [3.05, 3.63) is 11.8 Å². The molecule has 88 valence electrons. The van der Waals surface area contributed by atoms with Crippen LogP contribution in [0.5, 0.6) is 0 Å². The minimum atomic E-state index is 0.00458. The molecule has 0 saturated heterocycles. The molecule has 0 aromatic heterocycles. The van der Waals surface area contributed by atoms with Gasteiger partial charge in [-0.1, -0.05) is 26.7 Å². The van der Waals surface area contributed by atoms with E-state index in [-0.39, 0.29) is 5.91 Å². The third-order valence-electron chi connectivity index (χ3n) is 2.11. The van der Waals surface area contributed by atoms with Crippen LogP contribution in [0.2, 0.25) is 0 Å². The Bertz CT molecular complexity index is 200. The first-order valence-corrected chi connectivity index (χ1v) is 5.90. The number of hydrogen-bond acceptors (Lipinski definition) is 2. The van der Waals surface area contributed by atoms with Crippen LogP contribution in [0.3, 0.4) is 0 Å². The third kappa shape index (κ3) is 9.32. The van der Waals surface area contributed by atoms with Crippen molar-refractivity contribution in [1.29, 1.82) is 0 Å². The smallest absolute Gasteiger partial charge is 0.245 e. The van der Waals surface area contributed by atoms with Gasteiger partial charge in [-0.05, 0) is 19.8 Å². The van der Waals surface area contributed by atoms with Crippen molar-refractivity contribution in [2.75, 3.05) is 13.1 Å². The molecule has 0 unspecified atom stereocenters. The molecule has 15 heavy (non-hydrogen) atoms. The summed E-state index contributed by atoms with van der Waals surface area (Å²) in [6.45, 7) is 7.90. The molecule has 0 aliphatic rings. The Morgan fingerprint density at radius 1 is 1.07 bits per heavy atom. The standard InChI is InChI=1S/C12H24N2O/c1-4-6-8-13-11(3)10-12(15)14-9-7-5-2/h10,13H,4-9H2,1-3H3,(H,14,15)/b11-10-. The molecule has 0 rings (SSSR count). The zero-order valence-electron chi connectivity index (χ0n) is 10.2. The highest BCUT2D eigenvalue weighted by Gasteiger charge is 1.96. The lowest BCUT2D eigenvalue weighted by molar-refractivity contribution is -0.116. The first-order chi connectivity index (χ1) is 7.20. The number of allylic oxidation sites excluding steroid dienone is 1. The molecule has 3 heteroatoms. The van der Waals surface area contributed by atoms with Gasteiger partial charge in [0, 0.05) is 24.9 Å². The van der Waals surface area contributed by atoms with E-state index < -0.39 is 0 Å². The molecule has 1 amide bonds. The zero-order chi connectivity index (χ0) is 11.5. The molecule has 0 aromatic rings. The third-order valence-corrected chi connectivity index (χ3v) is 2.11. The average molecular weight is 212 g/mol. The van der Waals surface area contributed by atoms with Crippen LogP contribution < -0.4 is 10.6 Å². The largest absolute Gasteiger partial charge is 0.388 e. The average Bonchev–Trinajstić information content (AvgIpc) is 2.18. The Morgan fingerprint density at radius 2 is 1.60 bits per heavy atom. The van der Waals surface area contributed by atoms with E-state index in [0.717, 1.165) is 38.0 Å². The molecule has 0 aromatic carbocycles. The number of hydrogen-bond donors (Lipinski definition) is 2. The fraction of sp³-hybridized carbons (Fsp3) is 0.750. The summed E-state index contributed by atoms with van der Waals surface area (Å²) in [6, 6.07) is 0. The quantitative estimate of drug-likeness (QED) is 0.478. The van der Waals surface area contributed by atoms with Gasteiger partial charge in [-0.25, -0.2) is 0 Å². The van der Waals surface area contributed by atoms with Crippen molar-refractivity contribution in [1.82, 2.24) is 10.6 Å². The highest BCUT2D eigenvalue weighted by atomic mass is 16.1. The molecular formula is C12H24N2O. The first-order valence-electron chi connectivity index (χ1n) is 5.90. The van der Waals surface area contributed by atoms with Gasteiger partial charge in [0.25, 0.3) is 0 Å². The van der Waals surface area contributed by atoms with Crippen LogP contribution in [0.15, 0.2) is 11.8 Å². The number of carbonyl (C=O) groups is 1. The normalized spacial score (nSPS) is 11.3. The predicted molar refractivity (Wildman–Crippen MR) is 64.6 cm³/mol. The number of amides is 1. The molecule has 0 fully saturated rings.